The highest BCUT2D eigenvalue weighted by Gasteiger charge is 2.35. The number of nitrogens with one attached hydrogen (secondary N) is 1. The van der Waals surface area contributed by atoms with Crippen molar-refractivity contribution in [3.63, 3.8) is 0 Å². The van der Waals surface area contributed by atoms with Gasteiger partial charge in [0.25, 0.3) is 0 Å². The molecule has 1 aliphatic rings. The number of carbonyl (C=O) groups excluding carboxylic acids is 1. The zero-order chi connectivity index (χ0) is 13.7. The molecule has 0 aromatic carbocycles. The first-order valence-corrected chi connectivity index (χ1v) is 5.88. The van der Waals surface area contributed by atoms with E-state index >= 15 is 0 Å². The van der Waals surface area contributed by atoms with Crippen LogP contribution in [0, 0.1) is 5.92 Å². The Balaban J connectivity index is 2.41. The lowest BCUT2D eigenvalue weighted by molar-refractivity contribution is -0.142. The first kappa shape index (κ1) is 14.7. The van der Waals surface area contributed by atoms with E-state index in [9.17, 15) is 9.59 Å². The SMILES string of the molecule is CN(C)CCN(C)C(=O)NC1COCC1C(=O)O. The Kier molecular flexibility index (Phi) is 5.36. The number of hydrogen-bond donors (Lipinski definition) is 2. The smallest absolute Gasteiger partial charge is 0.317 e. The lowest BCUT2D eigenvalue weighted by Gasteiger charge is -2.23. The van der Waals surface area contributed by atoms with Gasteiger partial charge >= 0.3 is 12.0 Å². The Morgan fingerprint density at radius 3 is 2.50 bits per heavy atom. The van der Waals surface area contributed by atoms with Crippen molar-refractivity contribution < 1.29 is 19.4 Å². The highest BCUT2D eigenvalue weighted by Crippen LogP contribution is 2.13. The summed E-state index contributed by atoms with van der Waals surface area (Å²) in [5, 5.41) is 11.7. The number of carbonyl (C=O) groups is 2. The lowest BCUT2D eigenvalue weighted by Crippen LogP contribution is -2.48. The molecule has 0 aromatic heterocycles. The number of rotatable bonds is 5. The van der Waals surface area contributed by atoms with Crippen molar-refractivity contribution in [1.29, 1.82) is 0 Å². The van der Waals surface area contributed by atoms with Gasteiger partial charge in [-0.15, -0.1) is 0 Å². The fourth-order valence-corrected chi connectivity index (χ4v) is 1.66. The molecule has 0 saturated carbocycles. The molecule has 2 atom stereocenters. The van der Waals surface area contributed by atoms with Gasteiger partial charge in [-0.25, -0.2) is 4.79 Å². The molecule has 7 nitrogen and oxygen atoms in total. The van der Waals surface area contributed by atoms with Gasteiger partial charge in [0.2, 0.25) is 0 Å². The van der Waals surface area contributed by atoms with Crippen molar-refractivity contribution in [3.8, 4) is 0 Å². The largest absolute Gasteiger partial charge is 0.481 e. The molecule has 0 spiro atoms. The second-order valence-corrected chi connectivity index (χ2v) is 4.76. The second kappa shape index (κ2) is 6.55. The van der Waals surface area contributed by atoms with Gasteiger partial charge in [0.05, 0.1) is 19.3 Å². The molecule has 2 N–H and O–H groups in total. The molecule has 1 saturated heterocycles. The maximum Gasteiger partial charge on any atom is 0.317 e. The molecule has 0 bridgehead atoms. The van der Waals surface area contributed by atoms with Crippen molar-refractivity contribution in [2.24, 2.45) is 5.92 Å². The summed E-state index contributed by atoms with van der Waals surface area (Å²) in [7, 11) is 5.54. The number of hydrogen-bond acceptors (Lipinski definition) is 4. The van der Waals surface area contributed by atoms with Crippen LogP contribution in [0.1, 0.15) is 0 Å². The van der Waals surface area contributed by atoms with Gasteiger partial charge in [-0.3, -0.25) is 4.79 Å². The summed E-state index contributed by atoms with van der Waals surface area (Å²) < 4.78 is 5.09. The van der Waals surface area contributed by atoms with Gasteiger partial charge in [0.1, 0.15) is 5.92 Å². The topological polar surface area (TPSA) is 82.1 Å². The Hall–Kier alpha value is -1.34. The van der Waals surface area contributed by atoms with Crippen LogP contribution < -0.4 is 5.32 Å². The van der Waals surface area contributed by atoms with Crippen LogP contribution in [0.15, 0.2) is 0 Å². The van der Waals surface area contributed by atoms with Gasteiger partial charge in [-0.2, -0.15) is 0 Å². The molecule has 2 unspecified atom stereocenters. The maximum absolute atomic E-state index is 11.8. The Bertz CT molecular complexity index is 309. The van der Waals surface area contributed by atoms with Crippen molar-refractivity contribution in [1.82, 2.24) is 15.1 Å². The van der Waals surface area contributed by atoms with E-state index in [-0.39, 0.29) is 19.2 Å². The minimum atomic E-state index is -0.936. The van der Waals surface area contributed by atoms with Gasteiger partial charge in [0, 0.05) is 20.1 Å². The van der Waals surface area contributed by atoms with E-state index in [1.165, 1.54) is 4.90 Å². The van der Waals surface area contributed by atoms with Gasteiger partial charge < -0.3 is 25.0 Å². The molecule has 0 radical (unpaired) electrons. The summed E-state index contributed by atoms with van der Waals surface area (Å²) in [5.74, 6) is -1.59. The molecule has 2 amide bonds. The fraction of sp³-hybridized carbons (Fsp3) is 0.818. The Labute approximate surface area is 107 Å². The minimum absolute atomic E-state index is 0.154. The molecule has 1 fully saturated rings. The summed E-state index contributed by atoms with van der Waals surface area (Å²) in [4.78, 5) is 26.3. The number of ether oxygens (including phenoxy) is 1. The number of urea groups is 1. The van der Waals surface area contributed by atoms with Crippen molar-refractivity contribution >= 4 is 12.0 Å². The number of aliphatic carboxylic acids is 1. The van der Waals surface area contributed by atoms with Crippen LogP contribution in [-0.4, -0.2) is 80.4 Å². The zero-order valence-electron chi connectivity index (χ0n) is 11.0. The van der Waals surface area contributed by atoms with Crippen LogP contribution in [0.25, 0.3) is 0 Å². The molecule has 1 aliphatic heterocycles. The minimum Gasteiger partial charge on any atom is -0.481 e. The molecular formula is C11H21N3O4. The van der Waals surface area contributed by atoms with Crippen LogP contribution in [-0.2, 0) is 9.53 Å². The number of carboxylic acid groups (broad SMARTS) is 1. The lowest BCUT2D eigenvalue weighted by atomic mass is 10.0. The number of likely N-dealkylation sites (N-methyl/N-ethyl adjacent to an activating group) is 2. The van der Waals surface area contributed by atoms with E-state index in [1.54, 1.807) is 7.05 Å². The maximum atomic E-state index is 11.8. The summed E-state index contributed by atoms with van der Waals surface area (Å²) in [6.45, 7) is 1.75. The monoisotopic (exact) mass is 259 g/mol. The summed E-state index contributed by atoms with van der Waals surface area (Å²) in [5.41, 5.74) is 0. The molecule has 0 aromatic rings. The fourth-order valence-electron chi connectivity index (χ4n) is 1.66. The summed E-state index contributed by atoms with van der Waals surface area (Å²) in [6, 6.07) is -0.713. The third-order valence-corrected chi connectivity index (χ3v) is 2.94. The average Bonchev–Trinajstić information content (AvgIpc) is 2.73. The quantitative estimate of drug-likeness (QED) is 0.681. The third-order valence-electron chi connectivity index (χ3n) is 2.94. The molecule has 1 heterocycles. The standard InChI is InChI=1S/C11H21N3O4/c1-13(2)4-5-14(3)11(17)12-9-7-18-6-8(9)10(15)16/h8-9H,4-7H2,1-3H3,(H,12,17)(H,15,16). The van der Waals surface area contributed by atoms with E-state index in [0.717, 1.165) is 6.54 Å². The van der Waals surface area contributed by atoms with Crippen LogP contribution in [0.3, 0.4) is 0 Å². The zero-order valence-corrected chi connectivity index (χ0v) is 11.0. The average molecular weight is 259 g/mol. The van der Waals surface area contributed by atoms with Gasteiger partial charge in [0.15, 0.2) is 0 Å². The van der Waals surface area contributed by atoms with Crippen molar-refractivity contribution in [2.75, 3.05) is 47.4 Å². The molecule has 7 heteroatoms. The summed E-state index contributed by atoms with van der Waals surface area (Å²) in [6.07, 6.45) is 0. The van der Waals surface area contributed by atoms with Crippen LogP contribution in [0.2, 0.25) is 0 Å². The predicted octanol–water partition coefficient (Wildman–Crippen LogP) is -0.711. The van der Waals surface area contributed by atoms with Crippen molar-refractivity contribution in [2.45, 2.75) is 6.04 Å². The molecule has 104 valence electrons. The highest BCUT2D eigenvalue weighted by atomic mass is 16.5. The molecule has 1 rings (SSSR count). The normalized spacial score (nSPS) is 23.1. The van der Waals surface area contributed by atoms with E-state index in [2.05, 4.69) is 5.32 Å². The van der Waals surface area contributed by atoms with E-state index < -0.39 is 17.9 Å². The van der Waals surface area contributed by atoms with Gasteiger partial charge in [-0.1, -0.05) is 0 Å². The Morgan fingerprint density at radius 1 is 1.28 bits per heavy atom. The van der Waals surface area contributed by atoms with Crippen LogP contribution in [0.5, 0.6) is 0 Å². The number of nitrogens with zero attached hydrogens (tertiary/aromatic N) is 2. The molecule has 0 aliphatic carbocycles. The first-order chi connectivity index (χ1) is 8.41. The molecule has 18 heavy (non-hydrogen) atoms. The number of amides is 2. The second-order valence-electron chi connectivity index (χ2n) is 4.76. The third kappa shape index (κ3) is 4.15. The number of carboxylic acids is 1. The summed E-state index contributed by atoms with van der Waals surface area (Å²) >= 11 is 0. The highest BCUT2D eigenvalue weighted by molar-refractivity contribution is 5.77. The first-order valence-electron chi connectivity index (χ1n) is 5.88. The Morgan fingerprint density at radius 2 is 1.94 bits per heavy atom. The van der Waals surface area contributed by atoms with Crippen LogP contribution >= 0.6 is 0 Å². The van der Waals surface area contributed by atoms with Crippen LogP contribution in [0.4, 0.5) is 4.79 Å². The van der Waals surface area contributed by atoms with E-state index in [0.29, 0.717) is 6.54 Å². The van der Waals surface area contributed by atoms with E-state index in [1.807, 2.05) is 19.0 Å². The predicted molar refractivity (Wildman–Crippen MR) is 65.4 cm³/mol. The van der Waals surface area contributed by atoms with Crippen molar-refractivity contribution in [3.05, 3.63) is 0 Å². The molecular weight excluding hydrogens is 238 g/mol. The van der Waals surface area contributed by atoms with E-state index in [4.69, 9.17) is 9.84 Å². The van der Waals surface area contributed by atoms with Gasteiger partial charge in [-0.05, 0) is 14.1 Å².